The van der Waals surface area contributed by atoms with Gasteiger partial charge in [-0.1, -0.05) is 72.8 Å². The van der Waals surface area contributed by atoms with E-state index in [-0.39, 0.29) is 0 Å². The molecule has 0 N–H and O–H groups in total. The first-order valence-electron chi connectivity index (χ1n) is 11.8. The van der Waals surface area contributed by atoms with Crippen LogP contribution in [0.15, 0.2) is 97.1 Å². The van der Waals surface area contributed by atoms with Gasteiger partial charge in [-0.05, 0) is 102 Å². The van der Waals surface area contributed by atoms with E-state index in [4.69, 9.17) is 0 Å². The molecule has 2 atom stereocenters. The van der Waals surface area contributed by atoms with Gasteiger partial charge in [-0.15, -0.1) is 0 Å². The minimum Gasteiger partial charge on any atom is -0.0616 e. The fourth-order valence-corrected chi connectivity index (χ4v) is 6.74. The molecule has 6 aromatic rings. The lowest BCUT2D eigenvalue weighted by atomic mass is 9.62. The first-order valence-corrected chi connectivity index (χ1v) is 11.8. The van der Waals surface area contributed by atoms with Crippen molar-refractivity contribution < 1.29 is 0 Å². The normalized spacial score (nSPS) is 19.0. The minimum absolute atomic E-state index is 0.505. The third-order valence-electron chi connectivity index (χ3n) is 8.11. The lowest BCUT2D eigenvalue weighted by Gasteiger charge is -2.42. The maximum absolute atomic E-state index is 2.44. The molecule has 0 saturated heterocycles. The Morgan fingerprint density at radius 3 is 1.25 bits per heavy atom. The molecule has 9 rings (SSSR count). The van der Waals surface area contributed by atoms with E-state index >= 15 is 0 Å². The average Bonchev–Trinajstić information content (AvgIpc) is 2.86. The van der Waals surface area contributed by atoms with Gasteiger partial charge in [0.2, 0.25) is 0 Å². The summed E-state index contributed by atoms with van der Waals surface area (Å²) in [6, 6.07) is 36.8. The van der Waals surface area contributed by atoms with E-state index in [1.54, 1.807) is 22.3 Å². The van der Waals surface area contributed by atoms with Crippen LogP contribution in [0, 0.1) is 0 Å². The minimum atomic E-state index is 0.505. The van der Waals surface area contributed by atoms with Gasteiger partial charge in [0.25, 0.3) is 0 Å². The molecular weight excluding hydrogens is 384 g/mol. The van der Waals surface area contributed by atoms with Gasteiger partial charge in [-0.3, -0.25) is 0 Å². The molecule has 0 heteroatoms. The van der Waals surface area contributed by atoms with Crippen molar-refractivity contribution in [3.8, 4) is 0 Å². The third-order valence-corrected chi connectivity index (χ3v) is 8.11. The van der Waals surface area contributed by atoms with Crippen LogP contribution < -0.4 is 0 Å². The van der Waals surface area contributed by atoms with Crippen LogP contribution in [0.3, 0.4) is 0 Å². The first-order chi connectivity index (χ1) is 15.8. The van der Waals surface area contributed by atoms with E-state index in [0.29, 0.717) is 11.8 Å². The van der Waals surface area contributed by atoms with Gasteiger partial charge in [-0.25, -0.2) is 0 Å². The van der Waals surface area contributed by atoms with E-state index in [2.05, 4.69) is 97.1 Å². The van der Waals surface area contributed by atoms with Gasteiger partial charge >= 0.3 is 0 Å². The summed E-state index contributed by atoms with van der Waals surface area (Å²) >= 11 is 0. The zero-order chi connectivity index (χ0) is 20.8. The Bertz CT molecular complexity index is 1610. The van der Waals surface area contributed by atoms with Crippen molar-refractivity contribution >= 4 is 43.1 Å². The van der Waals surface area contributed by atoms with Crippen molar-refractivity contribution in [1.82, 2.24) is 0 Å². The van der Waals surface area contributed by atoms with Crippen LogP contribution in [0.2, 0.25) is 0 Å². The van der Waals surface area contributed by atoms with Crippen molar-refractivity contribution in [3.63, 3.8) is 0 Å². The van der Waals surface area contributed by atoms with Gasteiger partial charge in [0.15, 0.2) is 0 Å². The molecule has 0 radical (unpaired) electrons. The Morgan fingerprint density at radius 2 is 0.812 bits per heavy atom. The number of fused-ring (bicyclic) bond motifs is 5. The Hall–Kier alpha value is -3.64. The fourth-order valence-electron chi connectivity index (χ4n) is 6.74. The molecule has 0 amide bonds. The van der Waals surface area contributed by atoms with E-state index in [1.807, 2.05) is 0 Å². The Balaban J connectivity index is 1.44. The van der Waals surface area contributed by atoms with Crippen LogP contribution in [0.4, 0.5) is 0 Å². The maximum Gasteiger partial charge on any atom is 0.0102 e. The predicted molar refractivity (Wildman–Crippen MR) is 136 cm³/mol. The summed E-state index contributed by atoms with van der Waals surface area (Å²) in [5.41, 5.74) is 6.32. The summed E-state index contributed by atoms with van der Waals surface area (Å²) in [6.07, 6.45) is 2.52. The summed E-state index contributed by atoms with van der Waals surface area (Å²) in [5.74, 6) is 1.01. The van der Waals surface area contributed by atoms with Crippen molar-refractivity contribution in [2.24, 2.45) is 0 Å². The zero-order valence-corrected chi connectivity index (χ0v) is 17.8. The van der Waals surface area contributed by atoms with Gasteiger partial charge < -0.3 is 0 Å². The highest BCUT2D eigenvalue weighted by atomic mass is 14.4. The van der Waals surface area contributed by atoms with Crippen molar-refractivity contribution in [3.05, 3.63) is 119 Å². The van der Waals surface area contributed by atoms with Gasteiger partial charge in [0.05, 0.1) is 0 Å². The summed E-state index contributed by atoms with van der Waals surface area (Å²) in [7, 11) is 0. The van der Waals surface area contributed by atoms with Crippen molar-refractivity contribution in [1.29, 1.82) is 0 Å². The number of hydrogen-bond acceptors (Lipinski definition) is 0. The lowest BCUT2D eigenvalue weighted by molar-refractivity contribution is 0.526. The first kappa shape index (κ1) is 17.0. The third kappa shape index (κ3) is 2.12. The average molecular weight is 407 g/mol. The van der Waals surface area contributed by atoms with Crippen molar-refractivity contribution in [2.75, 3.05) is 0 Å². The van der Waals surface area contributed by atoms with Gasteiger partial charge in [0.1, 0.15) is 0 Å². The predicted octanol–water partition coefficient (Wildman–Crippen LogP) is 8.67. The number of hydrogen-bond donors (Lipinski definition) is 0. The highest BCUT2D eigenvalue weighted by Gasteiger charge is 2.39. The number of benzene rings is 6. The highest BCUT2D eigenvalue weighted by molar-refractivity contribution is 6.03. The Kier molecular flexibility index (Phi) is 3.18. The van der Waals surface area contributed by atoms with E-state index in [0.717, 1.165) is 0 Å². The van der Waals surface area contributed by atoms with E-state index in [9.17, 15) is 0 Å². The molecule has 0 unspecified atom stereocenters. The monoisotopic (exact) mass is 406 g/mol. The molecule has 3 aliphatic rings. The molecule has 0 aliphatic heterocycles. The van der Waals surface area contributed by atoms with E-state index < -0.39 is 0 Å². The Morgan fingerprint density at radius 1 is 0.406 bits per heavy atom. The molecular formula is C32H22. The molecule has 32 heavy (non-hydrogen) atoms. The lowest BCUT2D eigenvalue weighted by Crippen LogP contribution is -2.25. The van der Waals surface area contributed by atoms with Crippen LogP contribution in [-0.4, -0.2) is 0 Å². The second-order valence-electron chi connectivity index (χ2n) is 9.66. The SMILES string of the molecule is c1ccc2cc3c4c(ccc3cc2c1)[C@H]1CC[C@@H]4c2ccc3cc4ccccc4cc3c21. The number of rotatable bonds is 0. The molecule has 6 aromatic carbocycles. The smallest absolute Gasteiger partial charge is 0.0102 e. The molecule has 0 fully saturated rings. The molecule has 0 nitrogen and oxygen atoms in total. The molecule has 3 aliphatic carbocycles. The van der Waals surface area contributed by atoms with Crippen LogP contribution in [0.1, 0.15) is 46.9 Å². The van der Waals surface area contributed by atoms with Gasteiger partial charge in [-0.2, -0.15) is 0 Å². The summed E-state index contributed by atoms with van der Waals surface area (Å²) in [6.45, 7) is 0. The van der Waals surface area contributed by atoms with Crippen LogP contribution in [0.5, 0.6) is 0 Å². The second-order valence-corrected chi connectivity index (χ2v) is 9.66. The summed E-state index contributed by atoms with van der Waals surface area (Å²) in [5, 5.41) is 11.0. The van der Waals surface area contributed by atoms with Crippen LogP contribution in [0.25, 0.3) is 43.1 Å². The molecule has 0 aromatic heterocycles. The molecule has 0 heterocycles. The van der Waals surface area contributed by atoms with Gasteiger partial charge in [0, 0.05) is 11.8 Å². The molecule has 0 spiro atoms. The highest BCUT2D eigenvalue weighted by Crippen LogP contribution is 2.56. The van der Waals surface area contributed by atoms with Crippen LogP contribution in [-0.2, 0) is 0 Å². The zero-order valence-electron chi connectivity index (χ0n) is 17.8. The largest absolute Gasteiger partial charge is 0.0616 e. The molecule has 2 bridgehead atoms. The molecule has 0 saturated carbocycles. The second kappa shape index (κ2) is 5.99. The molecule has 150 valence electrons. The van der Waals surface area contributed by atoms with Crippen LogP contribution >= 0.6 is 0 Å². The quantitative estimate of drug-likeness (QED) is 0.221. The maximum atomic E-state index is 2.44. The summed E-state index contributed by atoms with van der Waals surface area (Å²) in [4.78, 5) is 0. The topological polar surface area (TPSA) is 0 Å². The Labute approximate surface area is 187 Å². The van der Waals surface area contributed by atoms with E-state index in [1.165, 1.54) is 55.9 Å². The summed E-state index contributed by atoms with van der Waals surface area (Å²) < 4.78 is 0. The standard InChI is InChI=1S/C32H22/c1-3-7-21-17-29-23(15-19(21)5-1)9-11-25-28-14-13-27(31(25)29)26-12-10-24-16-20-6-2-4-8-22(20)18-30(24)32(26)28/h1-12,15-18,27-28H,13-14H2/t27-,28-/m1/s1. The van der Waals surface area contributed by atoms with Crippen molar-refractivity contribution in [2.45, 2.75) is 24.7 Å². The fraction of sp³-hybridized carbons (Fsp3) is 0.125.